The van der Waals surface area contributed by atoms with Crippen LogP contribution >= 0.6 is 0 Å². The van der Waals surface area contributed by atoms with Crippen LogP contribution in [-0.2, 0) is 6.42 Å². The Morgan fingerprint density at radius 3 is 2.31 bits per heavy atom. The second kappa shape index (κ2) is 12.0. The first-order chi connectivity index (χ1) is 12.8. The van der Waals surface area contributed by atoms with Gasteiger partial charge in [0.2, 0.25) is 0 Å². The molecule has 0 bridgehead atoms. The maximum Gasteiger partial charge on any atom is 0.162 e. The van der Waals surface area contributed by atoms with Gasteiger partial charge in [-0.1, -0.05) is 81.8 Å². The Morgan fingerprint density at radius 1 is 0.846 bits per heavy atom. The van der Waals surface area contributed by atoms with Crippen LogP contribution < -0.4 is 10.3 Å². The molecule has 1 aliphatic rings. The highest BCUT2D eigenvalue weighted by Gasteiger charge is 2.01. The van der Waals surface area contributed by atoms with E-state index in [-0.39, 0.29) is 0 Å². The summed E-state index contributed by atoms with van der Waals surface area (Å²) >= 11 is 0. The lowest BCUT2D eigenvalue weighted by Crippen LogP contribution is -2.13. The normalized spacial score (nSPS) is 11.6. The zero-order valence-electron chi connectivity index (χ0n) is 15.8. The van der Waals surface area contributed by atoms with Crippen molar-refractivity contribution in [3.63, 3.8) is 0 Å². The molecule has 3 nitrogen and oxygen atoms in total. The van der Waals surface area contributed by atoms with Crippen molar-refractivity contribution >= 4 is 6.08 Å². The molecule has 26 heavy (non-hydrogen) atoms. The van der Waals surface area contributed by atoms with Gasteiger partial charge in [0.05, 0.1) is 0 Å². The molecule has 0 aromatic heterocycles. The van der Waals surface area contributed by atoms with Gasteiger partial charge < -0.3 is 9.94 Å². The molecule has 2 aromatic rings. The highest BCUT2D eigenvalue weighted by molar-refractivity contribution is 5.57. The largest absolute Gasteiger partial charge is 0.508 e. The van der Waals surface area contributed by atoms with Crippen LogP contribution in [0.4, 0.5) is 0 Å². The lowest BCUT2D eigenvalue weighted by atomic mass is 10.0. The van der Waals surface area contributed by atoms with Gasteiger partial charge in [-0.3, -0.25) is 0 Å². The molecule has 0 saturated carbocycles. The van der Waals surface area contributed by atoms with Crippen molar-refractivity contribution in [2.75, 3.05) is 0 Å². The Morgan fingerprint density at radius 2 is 1.54 bits per heavy atom. The molecule has 0 saturated heterocycles. The average molecular weight is 354 g/mol. The number of para-hydroxylation sites is 2. The minimum atomic E-state index is 0.452. The quantitative estimate of drug-likeness (QED) is 0.552. The topological polar surface area (TPSA) is 41.5 Å². The van der Waals surface area contributed by atoms with E-state index >= 15 is 0 Å². The summed E-state index contributed by atoms with van der Waals surface area (Å²) in [5.74, 6) is 1.33. The summed E-state index contributed by atoms with van der Waals surface area (Å²) < 4.78 is 0. The van der Waals surface area contributed by atoms with Crippen LogP contribution in [0.25, 0.3) is 6.08 Å². The average Bonchev–Trinajstić information content (AvgIpc) is 2.69. The standard InChI is InChI=1S/C15H24O.C8H7NO/c1-2-3-4-5-6-7-8-11-14-12-9-10-13-15(14)16;1-2-4-8-7(3-1)5-6-9-10-8/h9-10,12-13,16H,2-8,11H2,1H3;1-6,9H. The molecule has 2 aromatic carbocycles. The number of unbranched alkanes of at least 4 members (excludes halogenated alkanes) is 6. The van der Waals surface area contributed by atoms with Gasteiger partial charge in [-0.2, -0.15) is 0 Å². The van der Waals surface area contributed by atoms with Gasteiger partial charge in [0.1, 0.15) is 5.75 Å². The molecule has 3 heteroatoms. The maximum absolute atomic E-state index is 9.58. The first-order valence-electron chi connectivity index (χ1n) is 9.76. The second-order valence-corrected chi connectivity index (χ2v) is 6.59. The fourth-order valence-corrected chi connectivity index (χ4v) is 2.93. The minimum Gasteiger partial charge on any atom is -0.508 e. The molecular formula is C23H31NO2. The van der Waals surface area contributed by atoms with E-state index in [0.29, 0.717) is 5.75 Å². The molecule has 1 heterocycles. The zero-order valence-corrected chi connectivity index (χ0v) is 15.8. The van der Waals surface area contributed by atoms with Gasteiger partial charge >= 0.3 is 0 Å². The lowest BCUT2D eigenvalue weighted by molar-refractivity contribution is 0.239. The third kappa shape index (κ3) is 7.22. The van der Waals surface area contributed by atoms with Gasteiger partial charge in [0, 0.05) is 11.8 Å². The summed E-state index contributed by atoms with van der Waals surface area (Å²) in [6.45, 7) is 2.25. The number of rotatable bonds is 8. The number of hydroxylamine groups is 1. The van der Waals surface area contributed by atoms with E-state index < -0.39 is 0 Å². The number of aromatic hydroxyl groups is 1. The van der Waals surface area contributed by atoms with E-state index in [9.17, 15) is 5.11 Å². The number of fused-ring (bicyclic) bond motifs is 1. The smallest absolute Gasteiger partial charge is 0.162 e. The fraction of sp³-hybridized carbons (Fsp3) is 0.391. The maximum atomic E-state index is 9.58. The Bertz CT molecular complexity index is 667. The first kappa shape index (κ1) is 19.9. The van der Waals surface area contributed by atoms with E-state index in [0.717, 1.165) is 23.3 Å². The molecule has 0 aliphatic carbocycles. The van der Waals surface area contributed by atoms with E-state index in [1.807, 2.05) is 48.5 Å². The minimum absolute atomic E-state index is 0.452. The van der Waals surface area contributed by atoms with Crippen LogP contribution in [0, 0.1) is 0 Å². The summed E-state index contributed by atoms with van der Waals surface area (Å²) in [6, 6.07) is 15.5. The number of nitrogens with one attached hydrogen (secondary N) is 1. The molecule has 0 unspecified atom stereocenters. The molecule has 2 N–H and O–H groups in total. The molecule has 0 spiro atoms. The van der Waals surface area contributed by atoms with Crippen molar-refractivity contribution in [2.24, 2.45) is 0 Å². The van der Waals surface area contributed by atoms with E-state index in [1.165, 1.54) is 44.9 Å². The molecule has 1 aliphatic heterocycles. The first-order valence-corrected chi connectivity index (χ1v) is 9.76. The summed E-state index contributed by atoms with van der Waals surface area (Å²) in [5, 5.41) is 9.58. The highest BCUT2D eigenvalue weighted by atomic mass is 16.6. The van der Waals surface area contributed by atoms with E-state index in [1.54, 1.807) is 12.3 Å². The van der Waals surface area contributed by atoms with Crippen molar-refractivity contribution in [1.82, 2.24) is 5.48 Å². The molecular weight excluding hydrogens is 322 g/mol. The van der Waals surface area contributed by atoms with Crippen molar-refractivity contribution < 1.29 is 9.94 Å². The van der Waals surface area contributed by atoms with Gasteiger partial charge in [-0.15, -0.1) is 0 Å². The SMILES string of the molecule is C1=Cc2ccccc2ON1.CCCCCCCCCc1ccccc1O. The number of aryl methyl sites for hydroxylation is 1. The summed E-state index contributed by atoms with van der Waals surface area (Å²) in [6.07, 6.45) is 14.0. The van der Waals surface area contributed by atoms with Crippen molar-refractivity contribution in [3.05, 3.63) is 65.9 Å². The Labute approximate surface area is 157 Å². The number of hydrogen-bond donors (Lipinski definition) is 2. The second-order valence-electron chi connectivity index (χ2n) is 6.59. The predicted molar refractivity (Wildman–Crippen MR) is 109 cm³/mol. The monoisotopic (exact) mass is 353 g/mol. The molecule has 0 amide bonds. The zero-order chi connectivity index (χ0) is 18.5. The Kier molecular flexibility index (Phi) is 9.20. The summed E-state index contributed by atoms with van der Waals surface area (Å²) in [4.78, 5) is 5.09. The van der Waals surface area contributed by atoms with Crippen LogP contribution in [0.5, 0.6) is 11.5 Å². The Balaban J connectivity index is 0.000000206. The lowest BCUT2D eigenvalue weighted by Gasteiger charge is -2.11. The van der Waals surface area contributed by atoms with Gasteiger partial charge in [0.15, 0.2) is 5.75 Å². The number of benzene rings is 2. The predicted octanol–water partition coefficient (Wildman–Crippen LogP) is 6.24. The Hall–Kier alpha value is -2.42. The molecule has 0 radical (unpaired) electrons. The van der Waals surface area contributed by atoms with Crippen molar-refractivity contribution in [2.45, 2.75) is 58.3 Å². The third-order valence-electron chi connectivity index (χ3n) is 4.46. The van der Waals surface area contributed by atoms with Crippen LogP contribution in [0.15, 0.2) is 54.7 Å². The summed E-state index contributed by atoms with van der Waals surface area (Å²) in [5.41, 5.74) is 4.87. The van der Waals surface area contributed by atoms with Crippen LogP contribution in [-0.4, -0.2) is 5.11 Å². The summed E-state index contributed by atoms with van der Waals surface area (Å²) in [7, 11) is 0. The molecule has 0 fully saturated rings. The number of phenolic OH excluding ortho intramolecular Hbond substituents is 1. The van der Waals surface area contributed by atoms with Gasteiger partial charge in [0.25, 0.3) is 0 Å². The van der Waals surface area contributed by atoms with Crippen molar-refractivity contribution in [3.8, 4) is 11.5 Å². The molecule has 3 rings (SSSR count). The van der Waals surface area contributed by atoms with Crippen LogP contribution in [0.1, 0.15) is 63.0 Å². The van der Waals surface area contributed by atoms with Gasteiger partial charge in [-0.05, 0) is 36.6 Å². The molecule has 140 valence electrons. The molecule has 0 atom stereocenters. The number of hydrogen-bond acceptors (Lipinski definition) is 3. The highest BCUT2D eigenvalue weighted by Crippen LogP contribution is 2.20. The van der Waals surface area contributed by atoms with E-state index in [2.05, 4.69) is 12.4 Å². The number of phenols is 1. The third-order valence-corrected chi connectivity index (χ3v) is 4.46. The fourth-order valence-electron chi connectivity index (χ4n) is 2.93. The van der Waals surface area contributed by atoms with Crippen LogP contribution in [0.2, 0.25) is 0 Å². The van der Waals surface area contributed by atoms with E-state index in [4.69, 9.17) is 4.84 Å². The van der Waals surface area contributed by atoms with Crippen molar-refractivity contribution in [1.29, 1.82) is 0 Å². The van der Waals surface area contributed by atoms with Crippen LogP contribution in [0.3, 0.4) is 0 Å². The van der Waals surface area contributed by atoms with Gasteiger partial charge in [-0.25, -0.2) is 5.48 Å².